The number of amides is 1. The van der Waals surface area contributed by atoms with E-state index < -0.39 is 0 Å². The molecule has 0 saturated carbocycles. The molecule has 2 saturated heterocycles. The molecule has 0 radical (unpaired) electrons. The van der Waals surface area contributed by atoms with Crippen LogP contribution in [0.4, 0.5) is 0 Å². The van der Waals surface area contributed by atoms with E-state index in [1.54, 1.807) is 0 Å². The molecule has 3 rings (SSSR count). The van der Waals surface area contributed by atoms with Crippen LogP contribution in [0.3, 0.4) is 0 Å². The summed E-state index contributed by atoms with van der Waals surface area (Å²) >= 11 is 4.96. The van der Waals surface area contributed by atoms with Crippen LogP contribution in [0, 0.1) is 0 Å². The zero-order valence-corrected chi connectivity index (χ0v) is 14.4. The molecule has 1 unspecified atom stereocenters. The first-order valence-electron chi connectivity index (χ1n) is 6.73. The summed E-state index contributed by atoms with van der Waals surface area (Å²) in [5.74, 6) is 0.172. The Balaban J connectivity index is 0.00000147. The first-order chi connectivity index (χ1) is 9.25. The lowest BCUT2D eigenvalue weighted by Crippen LogP contribution is -2.52. The second-order valence-electron chi connectivity index (χ2n) is 5.07. The van der Waals surface area contributed by atoms with Crippen LogP contribution in [0.25, 0.3) is 0 Å². The predicted octanol–water partition coefficient (Wildman–Crippen LogP) is 2.05. The highest BCUT2D eigenvalue weighted by Crippen LogP contribution is 2.25. The molecule has 2 aliphatic heterocycles. The van der Waals surface area contributed by atoms with Crippen LogP contribution in [-0.4, -0.2) is 61.0 Å². The Morgan fingerprint density at radius 3 is 2.65 bits per heavy atom. The summed E-state index contributed by atoms with van der Waals surface area (Å²) in [6, 6.07) is 2.61. The van der Waals surface area contributed by atoms with Crippen molar-refractivity contribution in [3.05, 3.63) is 20.8 Å². The molecule has 2 fully saturated rings. The molecule has 4 nitrogen and oxygen atoms in total. The largest absolute Gasteiger partial charge is 0.335 e. The number of rotatable bonds is 2. The fourth-order valence-corrected chi connectivity index (χ4v) is 4.34. The molecule has 2 aliphatic rings. The van der Waals surface area contributed by atoms with E-state index in [4.69, 9.17) is 0 Å². The molecule has 0 aromatic carbocycles. The van der Waals surface area contributed by atoms with Crippen molar-refractivity contribution in [2.24, 2.45) is 0 Å². The van der Waals surface area contributed by atoms with E-state index in [-0.39, 0.29) is 18.3 Å². The van der Waals surface area contributed by atoms with Crippen LogP contribution in [0.2, 0.25) is 0 Å². The second-order valence-corrected chi connectivity index (χ2v) is 6.84. The highest BCUT2D eigenvalue weighted by molar-refractivity contribution is 9.10. The third kappa shape index (κ3) is 3.36. The van der Waals surface area contributed by atoms with E-state index >= 15 is 0 Å². The van der Waals surface area contributed by atoms with Gasteiger partial charge >= 0.3 is 0 Å². The van der Waals surface area contributed by atoms with Gasteiger partial charge in [-0.1, -0.05) is 0 Å². The van der Waals surface area contributed by atoms with Gasteiger partial charge in [-0.05, 0) is 40.3 Å². The van der Waals surface area contributed by atoms with Crippen LogP contribution < -0.4 is 5.32 Å². The maximum atomic E-state index is 12.4. The van der Waals surface area contributed by atoms with Gasteiger partial charge in [-0.15, -0.1) is 23.7 Å². The normalized spacial score (nSPS) is 23.6. The van der Waals surface area contributed by atoms with E-state index in [9.17, 15) is 4.79 Å². The van der Waals surface area contributed by atoms with Gasteiger partial charge in [-0.25, -0.2) is 0 Å². The Morgan fingerprint density at radius 2 is 2.10 bits per heavy atom. The topological polar surface area (TPSA) is 35.6 Å². The predicted molar refractivity (Wildman–Crippen MR) is 88.0 cm³/mol. The van der Waals surface area contributed by atoms with Crippen molar-refractivity contribution < 1.29 is 4.79 Å². The molecular formula is C13H19BrClN3OS. The minimum atomic E-state index is 0. The molecule has 3 heterocycles. The van der Waals surface area contributed by atoms with Crippen molar-refractivity contribution in [1.29, 1.82) is 0 Å². The number of carbonyl (C=O) groups is 1. The van der Waals surface area contributed by atoms with Gasteiger partial charge in [-0.2, -0.15) is 0 Å². The first kappa shape index (κ1) is 16.2. The van der Waals surface area contributed by atoms with Gasteiger partial charge in [0.1, 0.15) is 4.88 Å². The summed E-state index contributed by atoms with van der Waals surface area (Å²) < 4.78 is 0.921. The van der Waals surface area contributed by atoms with Crippen LogP contribution >= 0.6 is 39.7 Å². The van der Waals surface area contributed by atoms with Gasteiger partial charge < -0.3 is 10.2 Å². The average Bonchev–Trinajstić information content (AvgIpc) is 3.09. The number of nitrogens with one attached hydrogen (secondary N) is 1. The molecule has 0 aliphatic carbocycles. The fourth-order valence-electron chi connectivity index (χ4n) is 2.83. The van der Waals surface area contributed by atoms with Crippen LogP contribution in [0.1, 0.15) is 16.1 Å². The van der Waals surface area contributed by atoms with Crippen molar-refractivity contribution in [3.8, 4) is 0 Å². The Morgan fingerprint density at radius 1 is 1.35 bits per heavy atom. The smallest absolute Gasteiger partial charge is 0.265 e. The van der Waals surface area contributed by atoms with Crippen molar-refractivity contribution in [2.75, 3.05) is 39.3 Å². The number of halogens is 2. The minimum absolute atomic E-state index is 0. The molecule has 1 N–H and O–H groups in total. The van der Waals surface area contributed by atoms with Crippen LogP contribution in [0.5, 0.6) is 0 Å². The summed E-state index contributed by atoms with van der Waals surface area (Å²) in [5.41, 5.74) is 0. The van der Waals surface area contributed by atoms with E-state index in [0.29, 0.717) is 6.04 Å². The molecule has 0 bridgehead atoms. The van der Waals surface area contributed by atoms with E-state index in [1.807, 2.05) is 16.3 Å². The standard InChI is InChI=1S/C13H18BrN3OS.ClH/c14-11-2-8-19-12(11)13(18)17-6-4-16(5-7-17)10-1-3-15-9-10;/h2,8,10,15H,1,3-7,9H2;1H. The quantitative estimate of drug-likeness (QED) is 0.853. The summed E-state index contributed by atoms with van der Waals surface area (Å²) in [7, 11) is 0. The van der Waals surface area contributed by atoms with Crippen LogP contribution in [0.15, 0.2) is 15.9 Å². The highest BCUT2D eigenvalue weighted by atomic mass is 79.9. The molecule has 7 heteroatoms. The number of carbonyl (C=O) groups excluding carboxylic acids is 1. The fraction of sp³-hybridized carbons (Fsp3) is 0.615. The maximum Gasteiger partial charge on any atom is 0.265 e. The van der Waals surface area contributed by atoms with Crippen molar-refractivity contribution in [1.82, 2.24) is 15.1 Å². The van der Waals surface area contributed by atoms with Gasteiger partial charge in [0.2, 0.25) is 0 Å². The molecule has 1 amide bonds. The monoisotopic (exact) mass is 379 g/mol. The number of piperazine rings is 1. The SMILES string of the molecule is Cl.O=C(c1sccc1Br)N1CCN(C2CCNC2)CC1. The number of nitrogens with zero attached hydrogens (tertiary/aromatic N) is 2. The Kier molecular flexibility index (Phi) is 5.86. The lowest BCUT2D eigenvalue weighted by molar-refractivity contribution is 0.0587. The average molecular weight is 381 g/mol. The van der Waals surface area contributed by atoms with Crippen molar-refractivity contribution in [2.45, 2.75) is 12.5 Å². The zero-order valence-electron chi connectivity index (χ0n) is 11.2. The third-order valence-electron chi connectivity index (χ3n) is 3.96. The molecule has 112 valence electrons. The maximum absolute atomic E-state index is 12.4. The van der Waals surface area contributed by atoms with Crippen molar-refractivity contribution in [3.63, 3.8) is 0 Å². The molecule has 0 spiro atoms. The lowest BCUT2D eigenvalue weighted by Gasteiger charge is -2.37. The Labute approximate surface area is 138 Å². The zero-order chi connectivity index (χ0) is 13.2. The van der Waals surface area contributed by atoms with E-state index in [0.717, 1.165) is 48.6 Å². The van der Waals surface area contributed by atoms with E-state index in [1.165, 1.54) is 17.8 Å². The van der Waals surface area contributed by atoms with Gasteiger partial charge in [0, 0.05) is 43.2 Å². The second kappa shape index (κ2) is 7.22. The molecule has 1 atom stereocenters. The third-order valence-corrected chi connectivity index (χ3v) is 5.79. The molecule has 20 heavy (non-hydrogen) atoms. The summed E-state index contributed by atoms with van der Waals surface area (Å²) in [6.45, 7) is 5.93. The molecule has 1 aromatic heterocycles. The minimum Gasteiger partial charge on any atom is -0.335 e. The number of thiophene rings is 1. The molecule has 1 aromatic rings. The first-order valence-corrected chi connectivity index (χ1v) is 8.40. The van der Waals surface area contributed by atoms with E-state index in [2.05, 4.69) is 26.1 Å². The lowest BCUT2D eigenvalue weighted by atomic mass is 10.2. The van der Waals surface area contributed by atoms with Gasteiger partial charge in [0.05, 0.1) is 0 Å². The Hall–Kier alpha value is -0.140. The number of hydrogen-bond acceptors (Lipinski definition) is 4. The van der Waals surface area contributed by atoms with Gasteiger partial charge in [-0.3, -0.25) is 9.69 Å². The van der Waals surface area contributed by atoms with Gasteiger partial charge in [0.25, 0.3) is 5.91 Å². The summed E-state index contributed by atoms with van der Waals surface area (Å²) in [5, 5.41) is 5.36. The Bertz CT molecular complexity index is 456. The summed E-state index contributed by atoms with van der Waals surface area (Å²) in [4.78, 5) is 17.7. The van der Waals surface area contributed by atoms with Gasteiger partial charge in [0.15, 0.2) is 0 Å². The van der Waals surface area contributed by atoms with Crippen molar-refractivity contribution >= 4 is 45.6 Å². The highest BCUT2D eigenvalue weighted by Gasteiger charge is 2.28. The van der Waals surface area contributed by atoms with Crippen LogP contribution in [-0.2, 0) is 0 Å². The summed E-state index contributed by atoms with van der Waals surface area (Å²) in [6.07, 6.45) is 1.24. The molecular weight excluding hydrogens is 362 g/mol. The number of hydrogen-bond donors (Lipinski definition) is 1.